The van der Waals surface area contributed by atoms with E-state index in [2.05, 4.69) is 9.93 Å². The molecule has 5 nitrogen and oxygen atoms in total. The highest BCUT2D eigenvalue weighted by Crippen LogP contribution is 2.15. The molecule has 3 aromatic rings. The van der Waals surface area contributed by atoms with Crippen LogP contribution in [0.1, 0.15) is 11.1 Å². The number of hydrogen-bond donors (Lipinski definition) is 1. The monoisotopic (exact) mass is 418 g/mol. The van der Waals surface area contributed by atoms with E-state index in [1.807, 2.05) is 0 Å². The van der Waals surface area contributed by atoms with Crippen molar-refractivity contribution in [3.63, 3.8) is 0 Å². The van der Waals surface area contributed by atoms with Crippen LogP contribution in [-0.2, 0) is 16.6 Å². The maximum Gasteiger partial charge on any atom is 0.276 e. The van der Waals surface area contributed by atoms with Crippen molar-refractivity contribution >= 4 is 27.8 Å². The van der Waals surface area contributed by atoms with Crippen LogP contribution in [0.3, 0.4) is 0 Å². The zero-order chi connectivity index (χ0) is 20.0. The molecule has 8 heteroatoms. The predicted octanol–water partition coefficient (Wildman–Crippen LogP) is 4.37. The summed E-state index contributed by atoms with van der Waals surface area (Å²) in [7, 11) is -3.76. The Morgan fingerprint density at radius 2 is 1.61 bits per heavy atom. The van der Waals surface area contributed by atoms with Crippen LogP contribution >= 0.6 is 11.6 Å². The summed E-state index contributed by atoms with van der Waals surface area (Å²) in [6.45, 7) is 0.314. The summed E-state index contributed by atoms with van der Waals surface area (Å²) >= 11 is 5.75. The van der Waals surface area contributed by atoms with Crippen LogP contribution < -0.4 is 9.57 Å². The minimum Gasteiger partial charge on any atom is -0.489 e. The van der Waals surface area contributed by atoms with Crippen molar-refractivity contribution in [1.29, 1.82) is 0 Å². The molecule has 0 bridgehead atoms. The first kappa shape index (κ1) is 19.9. The first-order valence-corrected chi connectivity index (χ1v) is 10.1. The number of rotatable bonds is 7. The van der Waals surface area contributed by atoms with Crippen LogP contribution in [0.15, 0.2) is 82.8 Å². The number of benzene rings is 3. The molecule has 0 amide bonds. The number of hydrazone groups is 1. The van der Waals surface area contributed by atoms with Gasteiger partial charge in [-0.25, -0.2) is 9.22 Å². The first-order chi connectivity index (χ1) is 13.4. The normalized spacial score (nSPS) is 11.5. The van der Waals surface area contributed by atoms with Gasteiger partial charge in [0.15, 0.2) is 0 Å². The molecule has 0 aliphatic heterocycles. The molecule has 0 atom stereocenters. The number of ether oxygens (including phenoxy) is 1. The van der Waals surface area contributed by atoms with Crippen LogP contribution in [0.2, 0.25) is 5.02 Å². The maximum absolute atomic E-state index is 12.9. The molecule has 144 valence electrons. The van der Waals surface area contributed by atoms with E-state index in [1.54, 1.807) is 36.4 Å². The molecule has 0 unspecified atom stereocenters. The molecule has 0 fully saturated rings. The van der Waals surface area contributed by atoms with Crippen LogP contribution in [0, 0.1) is 5.82 Å². The van der Waals surface area contributed by atoms with Gasteiger partial charge in [0.05, 0.1) is 11.1 Å². The van der Waals surface area contributed by atoms with Crippen LogP contribution in [0.5, 0.6) is 5.75 Å². The minimum absolute atomic E-state index is 0.0681. The number of nitrogens with one attached hydrogen (secondary N) is 1. The smallest absolute Gasteiger partial charge is 0.276 e. The van der Waals surface area contributed by atoms with Crippen molar-refractivity contribution in [1.82, 2.24) is 4.83 Å². The molecular weight excluding hydrogens is 403 g/mol. The Morgan fingerprint density at radius 3 is 2.25 bits per heavy atom. The average molecular weight is 419 g/mol. The summed E-state index contributed by atoms with van der Waals surface area (Å²) in [5, 5.41) is 4.22. The largest absolute Gasteiger partial charge is 0.489 e. The van der Waals surface area contributed by atoms with E-state index in [1.165, 1.54) is 42.6 Å². The van der Waals surface area contributed by atoms with Crippen molar-refractivity contribution in [3.8, 4) is 5.75 Å². The van der Waals surface area contributed by atoms with Gasteiger partial charge in [0.25, 0.3) is 10.0 Å². The fraction of sp³-hybridized carbons (Fsp3) is 0.0500. The second-order valence-electron chi connectivity index (χ2n) is 5.79. The standard InChI is InChI=1S/C20H16ClFN2O3S/c21-17-5-11-20(12-6-17)28(25,26)24-23-13-15-3-9-19(10-4-15)27-14-16-1-7-18(22)8-2-16/h1-13,24H,14H2/b23-13-. The highest BCUT2D eigenvalue weighted by molar-refractivity contribution is 7.89. The third kappa shape index (κ3) is 5.55. The van der Waals surface area contributed by atoms with Gasteiger partial charge in [0, 0.05) is 5.02 Å². The second kappa shape index (κ2) is 8.86. The maximum atomic E-state index is 12.9. The van der Waals surface area contributed by atoms with E-state index in [4.69, 9.17) is 16.3 Å². The molecule has 0 aliphatic rings. The summed E-state index contributed by atoms with van der Waals surface area (Å²) in [6.07, 6.45) is 1.39. The Balaban J connectivity index is 1.56. The topological polar surface area (TPSA) is 67.8 Å². The summed E-state index contributed by atoms with van der Waals surface area (Å²) in [5.41, 5.74) is 1.54. The fourth-order valence-electron chi connectivity index (χ4n) is 2.23. The molecule has 0 heterocycles. The highest BCUT2D eigenvalue weighted by atomic mass is 35.5. The molecule has 0 saturated carbocycles. The first-order valence-electron chi connectivity index (χ1n) is 8.20. The minimum atomic E-state index is -3.76. The Bertz CT molecular complexity index is 1050. The molecule has 0 spiro atoms. The van der Waals surface area contributed by atoms with Gasteiger partial charge < -0.3 is 4.74 Å². The SMILES string of the molecule is O=S(=O)(N/N=C\c1ccc(OCc2ccc(F)cc2)cc1)c1ccc(Cl)cc1. The molecule has 0 aromatic heterocycles. The summed E-state index contributed by atoms with van der Waals surface area (Å²) in [6, 6.07) is 18.8. The third-order valence-corrected chi connectivity index (χ3v) is 5.20. The molecule has 3 aromatic carbocycles. The van der Waals surface area contributed by atoms with Gasteiger partial charge in [-0.1, -0.05) is 23.7 Å². The Hall–Kier alpha value is -2.90. The van der Waals surface area contributed by atoms with Crippen molar-refractivity contribution in [2.24, 2.45) is 5.10 Å². The molecule has 0 radical (unpaired) electrons. The molecule has 0 aliphatic carbocycles. The highest BCUT2D eigenvalue weighted by Gasteiger charge is 2.11. The average Bonchev–Trinajstić information content (AvgIpc) is 2.69. The Morgan fingerprint density at radius 1 is 0.964 bits per heavy atom. The van der Waals surface area contributed by atoms with E-state index in [-0.39, 0.29) is 10.7 Å². The van der Waals surface area contributed by atoms with Gasteiger partial charge >= 0.3 is 0 Å². The van der Waals surface area contributed by atoms with Gasteiger partial charge in [-0.2, -0.15) is 13.5 Å². The number of hydrogen-bond acceptors (Lipinski definition) is 4. The zero-order valence-corrected chi connectivity index (χ0v) is 16.1. The fourth-order valence-corrected chi connectivity index (χ4v) is 3.15. The summed E-state index contributed by atoms with van der Waals surface area (Å²) in [4.78, 5) is 2.21. The summed E-state index contributed by atoms with van der Waals surface area (Å²) in [5.74, 6) is 0.335. The quantitative estimate of drug-likeness (QED) is 0.457. The van der Waals surface area contributed by atoms with Crippen LogP contribution in [0.25, 0.3) is 0 Å². The van der Waals surface area contributed by atoms with E-state index in [0.29, 0.717) is 22.9 Å². The van der Waals surface area contributed by atoms with E-state index in [9.17, 15) is 12.8 Å². The van der Waals surface area contributed by atoms with Gasteiger partial charge in [-0.05, 0) is 71.8 Å². The van der Waals surface area contributed by atoms with Gasteiger partial charge in [-0.15, -0.1) is 0 Å². The lowest BCUT2D eigenvalue weighted by atomic mass is 10.2. The van der Waals surface area contributed by atoms with Crippen LogP contribution in [-0.4, -0.2) is 14.6 Å². The van der Waals surface area contributed by atoms with Crippen LogP contribution in [0.4, 0.5) is 4.39 Å². The lowest BCUT2D eigenvalue weighted by Gasteiger charge is -2.06. The van der Waals surface area contributed by atoms with E-state index in [0.717, 1.165) is 5.56 Å². The molecule has 3 rings (SSSR count). The predicted molar refractivity (Wildman–Crippen MR) is 107 cm³/mol. The van der Waals surface area contributed by atoms with E-state index < -0.39 is 10.0 Å². The number of halogens is 2. The lowest BCUT2D eigenvalue weighted by molar-refractivity contribution is 0.306. The third-order valence-electron chi connectivity index (χ3n) is 3.71. The zero-order valence-electron chi connectivity index (χ0n) is 14.5. The summed E-state index contributed by atoms with van der Waals surface area (Å²) < 4.78 is 42.7. The van der Waals surface area contributed by atoms with Gasteiger partial charge in [-0.3, -0.25) is 0 Å². The van der Waals surface area contributed by atoms with E-state index >= 15 is 0 Å². The molecule has 28 heavy (non-hydrogen) atoms. The number of nitrogens with zero attached hydrogens (tertiary/aromatic N) is 1. The van der Waals surface area contributed by atoms with Crippen molar-refractivity contribution < 1.29 is 17.5 Å². The van der Waals surface area contributed by atoms with Gasteiger partial charge in [0.1, 0.15) is 18.2 Å². The van der Waals surface area contributed by atoms with Crippen molar-refractivity contribution in [2.75, 3.05) is 0 Å². The molecule has 0 saturated heterocycles. The Labute approximate surface area is 167 Å². The molecular formula is C20H16ClFN2O3S. The Kier molecular flexibility index (Phi) is 6.28. The van der Waals surface area contributed by atoms with Gasteiger partial charge in [0.2, 0.25) is 0 Å². The lowest BCUT2D eigenvalue weighted by Crippen LogP contribution is -2.18. The van der Waals surface area contributed by atoms with Crippen molar-refractivity contribution in [2.45, 2.75) is 11.5 Å². The number of sulfonamides is 1. The van der Waals surface area contributed by atoms with Crippen molar-refractivity contribution in [3.05, 3.63) is 94.8 Å². The molecule has 1 N–H and O–H groups in total. The second-order valence-corrected chi connectivity index (χ2v) is 7.89.